The Morgan fingerprint density at radius 3 is 2.12 bits per heavy atom. The summed E-state index contributed by atoms with van der Waals surface area (Å²) < 4.78 is 0. The Morgan fingerprint density at radius 1 is 1.08 bits per heavy atom. The zero-order valence-corrected chi connectivity index (χ0v) is 13.9. The summed E-state index contributed by atoms with van der Waals surface area (Å²) in [7, 11) is 0. The average molecular weight is 324 g/mol. The number of carboxylic acid groups (broad SMARTS) is 1. The van der Waals surface area contributed by atoms with Crippen LogP contribution >= 0.6 is 0 Å². The molecule has 0 amide bonds. The number of hydrogen-bond acceptors (Lipinski definition) is 3. The molecule has 2 atom stereocenters. The monoisotopic (exact) mass is 324 g/mol. The second-order valence-electron chi connectivity index (χ2n) is 6.43. The van der Waals surface area contributed by atoms with E-state index in [1.807, 2.05) is 36.4 Å². The maximum Gasteiger partial charge on any atom is 0.304 e. The number of carbonyl (C=O) groups is 1. The molecule has 1 aliphatic rings. The minimum absolute atomic E-state index is 0.0309. The van der Waals surface area contributed by atoms with Crippen molar-refractivity contribution >= 4 is 5.97 Å². The topological polar surface area (TPSA) is 52.6 Å². The summed E-state index contributed by atoms with van der Waals surface area (Å²) in [6, 6.07) is 21.0. The Kier molecular flexibility index (Phi) is 5.28. The van der Waals surface area contributed by atoms with Crippen LogP contribution in [0.5, 0.6) is 0 Å². The van der Waals surface area contributed by atoms with Crippen molar-refractivity contribution < 1.29 is 9.90 Å². The molecule has 4 heteroatoms. The van der Waals surface area contributed by atoms with Gasteiger partial charge in [-0.1, -0.05) is 60.7 Å². The first kappa shape index (κ1) is 16.7. The van der Waals surface area contributed by atoms with Gasteiger partial charge < -0.3 is 10.4 Å². The zero-order chi connectivity index (χ0) is 16.9. The molecular formula is C20H24N2O2. The number of hydrogen-bond donors (Lipinski definition) is 2. The Balaban J connectivity index is 2.04. The number of benzene rings is 2. The van der Waals surface area contributed by atoms with Crippen molar-refractivity contribution in [3.05, 3.63) is 71.8 Å². The average Bonchev–Trinajstić information content (AvgIpc) is 2.59. The summed E-state index contributed by atoms with van der Waals surface area (Å²) in [5, 5.41) is 12.7. The van der Waals surface area contributed by atoms with E-state index in [0.29, 0.717) is 6.54 Å². The van der Waals surface area contributed by atoms with Gasteiger partial charge in [0.15, 0.2) is 0 Å². The summed E-state index contributed by atoms with van der Waals surface area (Å²) in [5.74, 6) is -0.749. The van der Waals surface area contributed by atoms with Crippen molar-refractivity contribution in [1.82, 2.24) is 10.2 Å². The highest BCUT2D eigenvalue weighted by Gasteiger charge is 2.35. The summed E-state index contributed by atoms with van der Waals surface area (Å²) in [6.45, 7) is 3.74. The number of aliphatic carboxylic acids is 1. The summed E-state index contributed by atoms with van der Waals surface area (Å²) >= 11 is 0. The number of carboxylic acids is 1. The first-order chi connectivity index (χ1) is 11.7. The van der Waals surface area contributed by atoms with E-state index in [-0.39, 0.29) is 24.5 Å². The molecule has 3 rings (SSSR count). The first-order valence-electron chi connectivity index (χ1n) is 8.46. The van der Waals surface area contributed by atoms with Crippen LogP contribution in [-0.4, -0.2) is 41.1 Å². The number of nitrogens with zero attached hydrogens (tertiary/aromatic N) is 1. The van der Waals surface area contributed by atoms with Crippen LogP contribution in [0.1, 0.15) is 30.5 Å². The third kappa shape index (κ3) is 3.66. The second kappa shape index (κ2) is 7.60. The lowest BCUT2D eigenvalue weighted by Gasteiger charge is -2.45. The molecule has 2 aromatic rings. The normalized spacial score (nSPS) is 21.8. The summed E-state index contributed by atoms with van der Waals surface area (Å²) in [4.78, 5) is 13.7. The molecule has 0 saturated carbocycles. The van der Waals surface area contributed by atoms with Gasteiger partial charge in [0, 0.05) is 25.2 Å². The van der Waals surface area contributed by atoms with E-state index in [1.54, 1.807) is 0 Å². The highest BCUT2D eigenvalue weighted by atomic mass is 16.4. The molecule has 0 radical (unpaired) electrons. The van der Waals surface area contributed by atoms with Crippen molar-refractivity contribution in [2.75, 3.05) is 13.1 Å². The van der Waals surface area contributed by atoms with Crippen LogP contribution in [0.15, 0.2) is 60.7 Å². The van der Waals surface area contributed by atoms with Gasteiger partial charge in [0.1, 0.15) is 0 Å². The fraction of sp³-hybridized carbons (Fsp3) is 0.350. The molecule has 24 heavy (non-hydrogen) atoms. The molecule has 0 aliphatic carbocycles. The Labute approximate surface area is 143 Å². The van der Waals surface area contributed by atoms with E-state index in [4.69, 9.17) is 0 Å². The standard InChI is InChI=1S/C20H24N2O2/c1-15-13-21-14-18(12-19(23)24)22(15)20(16-8-4-2-5-9-16)17-10-6-3-7-11-17/h2-11,15,18,20-21H,12-14H2,1H3,(H,23,24). The fourth-order valence-electron chi connectivity index (χ4n) is 3.68. The van der Waals surface area contributed by atoms with Gasteiger partial charge in [0.25, 0.3) is 0 Å². The molecule has 0 bridgehead atoms. The van der Waals surface area contributed by atoms with Crippen LogP contribution in [0.3, 0.4) is 0 Å². The van der Waals surface area contributed by atoms with Gasteiger partial charge in [-0.05, 0) is 18.1 Å². The van der Waals surface area contributed by atoms with Crippen molar-refractivity contribution in [2.45, 2.75) is 31.5 Å². The lowest BCUT2D eigenvalue weighted by Crippen LogP contribution is -2.58. The molecule has 1 saturated heterocycles. The zero-order valence-electron chi connectivity index (χ0n) is 13.9. The van der Waals surface area contributed by atoms with Gasteiger partial charge in [-0.2, -0.15) is 0 Å². The van der Waals surface area contributed by atoms with Gasteiger partial charge >= 0.3 is 5.97 Å². The van der Waals surface area contributed by atoms with Crippen LogP contribution in [0.25, 0.3) is 0 Å². The summed E-state index contributed by atoms with van der Waals surface area (Å²) in [6.07, 6.45) is 0.146. The lowest BCUT2D eigenvalue weighted by molar-refractivity contribution is -0.139. The van der Waals surface area contributed by atoms with Gasteiger partial charge in [0.05, 0.1) is 12.5 Å². The maximum absolute atomic E-state index is 11.4. The molecule has 4 nitrogen and oxygen atoms in total. The molecule has 2 unspecified atom stereocenters. The van der Waals surface area contributed by atoms with Crippen molar-refractivity contribution in [1.29, 1.82) is 0 Å². The highest BCUT2D eigenvalue weighted by molar-refractivity contribution is 5.67. The maximum atomic E-state index is 11.4. The molecule has 2 N–H and O–H groups in total. The predicted molar refractivity (Wildman–Crippen MR) is 94.9 cm³/mol. The van der Waals surface area contributed by atoms with Gasteiger partial charge in [0.2, 0.25) is 0 Å². The van der Waals surface area contributed by atoms with Crippen molar-refractivity contribution in [2.24, 2.45) is 0 Å². The Hall–Kier alpha value is -2.17. The highest BCUT2D eigenvalue weighted by Crippen LogP contribution is 2.33. The fourth-order valence-corrected chi connectivity index (χ4v) is 3.68. The molecular weight excluding hydrogens is 300 g/mol. The van der Waals surface area contributed by atoms with Crippen LogP contribution in [-0.2, 0) is 4.79 Å². The molecule has 1 fully saturated rings. The number of nitrogens with one attached hydrogen (secondary N) is 1. The number of rotatable bonds is 5. The van der Waals surface area contributed by atoms with Crippen LogP contribution in [0, 0.1) is 0 Å². The van der Waals surface area contributed by atoms with Crippen molar-refractivity contribution in [3.63, 3.8) is 0 Å². The van der Waals surface area contributed by atoms with Crippen LogP contribution < -0.4 is 5.32 Å². The minimum atomic E-state index is -0.749. The first-order valence-corrected chi connectivity index (χ1v) is 8.46. The minimum Gasteiger partial charge on any atom is -0.481 e. The van der Waals surface area contributed by atoms with E-state index >= 15 is 0 Å². The second-order valence-corrected chi connectivity index (χ2v) is 6.43. The van der Waals surface area contributed by atoms with Crippen LogP contribution in [0.4, 0.5) is 0 Å². The Morgan fingerprint density at radius 2 is 1.62 bits per heavy atom. The van der Waals surface area contributed by atoms with E-state index < -0.39 is 5.97 Å². The van der Waals surface area contributed by atoms with E-state index in [1.165, 1.54) is 11.1 Å². The smallest absolute Gasteiger partial charge is 0.304 e. The third-order valence-corrected chi connectivity index (χ3v) is 4.69. The lowest BCUT2D eigenvalue weighted by atomic mass is 9.92. The van der Waals surface area contributed by atoms with Crippen LogP contribution in [0.2, 0.25) is 0 Å². The van der Waals surface area contributed by atoms with Gasteiger partial charge in [-0.25, -0.2) is 0 Å². The molecule has 1 heterocycles. The number of piperazine rings is 1. The molecule has 2 aromatic carbocycles. The summed E-state index contributed by atoms with van der Waals surface area (Å²) in [5.41, 5.74) is 2.40. The van der Waals surface area contributed by atoms with E-state index in [9.17, 15) is 9.90 Å². The Bertz CT molecular complexity index is 620. The van der Waals surface area contributed by atoms with Gasteiger partial charge in [-0.3, -0.25) is 9.69 Å². The predicted octanol–water partition coefficient (Wildman–Crippen LogP) is 2.91. The molecule has 0 spiro atoms. The quantitative estimate of drug-likeness (QED) is 0.888. The SMILES string of the molecule is CC1CNCC(CC(=O)O)N1C(c1ccccc1)c1ccccc1. The van der Waals surface area contributed by atoms with Gasteiger partial charge in [-0.15, -0.1) is 0 Å². The third-order valence-electron chi connectivity index (χ3n) is 4.69. The van der Waals surface area contributed by atoms with E-state index in [2.05, 4.69) is 41.4 Å². The largest absolute Gasteiger partial charge is 0.481 e. The van der Waals surface area contributed by atoms with E-state index in [0.717, 1.165) is 6.54 Å². The molecule has 1 aliphatic heterocycles. The molecule has 126 valence electrons. The van der Waals surface area contributed by atoms with Crippen molar-refractivity contribution in [3.8, 4) is 0 Å². The molecule has 0 aromatic heterocycles.